The molecule has 1 unspecified atom stereocenters. The van der Waals surface area contributed by atoms with E-state index in [0.29, 0.717) is 27.2 Å². The van der Waals surface area contributed by atoms with Crippen LogP contribution in [0.25, 0.3) is 0 Å². The maximum atomic E-state index is 11.9. The Labute approximate surface area is 183 Å². The number of pyridine rings is 1. The number of nitrogens with two attached hydrogens (primary N) is 1. The van der Waals surface area contributed by atoms with Crippen molar-refractivity contribution < 1.29 is 9.53 Å². The van der Waals surface area contributed by atoms with Gasteiger partial charge in [-0.2, -0.15) is 0 Å². The molecule has 0 aliphatic rings. The third-order valence-electron chi connectivity index (χ3n) is 4.12. The number of amides is 1. The molecular formula is C20H20Cl2N4O2S. The summed E-state index contributed by atoms with van der Waals surface area (Å²) in [6.07, 6.45) is 4.54. The number of aromatic nitrogens is 3. The Hall–Kier alpha value is -2.22. The lowest BCUT2D eigenvalue weighted by atomic mass is 10.1. The molecule has 2 heterocycles. The number of ether oxygens (including phenoxy) is 1. The van der Waals surface area contributed by atoms with Gasteiger partial charge in [0, 0.05) is 40.0 Å². The van der Waals surface area contributed by atoms with Crippen molar-refractivity contribution in [3.05, 3.63) is 76.0 Å². The molecule has 0 radical (unpaired) electrons. The lowest BCUT2D eigenvalue weighted by Gasteiger charge is -2.30. The monoisotopic (exact) mass is 450 g/mol. The van der Waals surface area contributed by atoms with Crippen molar-refractivity contribution >= 4 is 41.1 Å². The highest BCUT2D eigenvalue weighted by Gasteiger charge is 2.41. The van der Waals surface area contributed by atoms with Gasteiger partial charge in [-0.15, -0.1) is 0 Å². The zero-order chi connectivity index (χ0) is 21.0. The van der Waals surface area contributed by atoms with Crippen LogP contribution in [0.4, 0.5) is 4.79 Å². The fraction of sp³-hybridized carbons (Fsp3) is 0.250. The molecule has 2 aromatic heterocycles. The molecule has 0 spiro atoms. The summed E-state index contributed by atoms with van der Waals surface area (Å²) < 4.78 is 5.71. The zero-order valence-electron chi connectivity index (χ0n) is 15.9. The van der Waals surface area contributed by atoms with Crippen LogP contribution in [0.2, 0.25) is 10.0 Å². The zero-order valence-corrected chi connectivity index (χ0v) is 18.2. The molecule has 6 nitrogen and oxygen atoms in total. The summed E-state index contributed by atoms with van der Waals surface area (Å²) in [6.45, 7) is 4.06. The van der Waals surface area contributed by atoms with Crippen molar-refractivity contribution in [2.75, 3.05) is 0 Å². The van der Waals surface area contributed by atoms with E-state index in [0.717, 1.165) is 11.3 Å². The van der Waals surface area contributed by atoms with Crippen LogP contribution in [0.1, 0.15) is 36.8 Å². The number of nitrogens with zero attached hydrogens (tertiary/aromatic N) is 2. The Morgan fingerprint density at radius 2 is 1.90 bits per heavy atom. The van der Waals surface area contributed by atoms with E-state index in [2.05, 4.69) is 15.0 Å². The van der Waals surface area contributed by atoms with Gasteiger partial charge in [0.1, 0.15) is 0 Å². The Balaban J connectivity index is 2.12. The van der Waals surface area contributed by atoms with E-state index in [9.17, 15) is 4.79 Å². The van der Waals surface area contributed by atoms with E-state index in [-0.39, 0.29) is 5.92 Å². The molecule has 1 aromatic carbocycles. The summed E-state index contributed by atoms with van der Waals surface area (Å²) in [5, 5.41) is 0.943. The number of nitrogens with one attached hydrogen (secondary N) is 1. The molecule has 3 N–H and O–H groups in total. The maximum absolute atomic E-state index is 11.9. The Bertz CT molecular complexity index is 977. The number of hydrogen-bond acceptors (Lipinski definition) is 5. The fourth-order valence-corrected chi connectivity index (χ4v) is 4.78. The van der Waals surface area contributed by atoms with Crippen LogP contribution in [0.5, 0.6) is 0 Å². The molecule has 0 aliphatic heterocycles. The molecule has 9 heteroatoms. The molecule has 29 heavy (non-hydrogen) atoms. The van der Waals surface area contributed by atoms with E-state index in [1.165, 1.54) is 11.8 Å². The van der Waals surface area contributed by atoms with Crippen LogP contribution in [0, 0.1) is 0 Å². The largest absolute Gasteiger partial charge is 0.423 e. The van der Waals surface area contributed by atoms with Gasteiger partial charge in [0.15, 0.2) is 5.82 Å². The van der Waals surface area contributed by atoms with Gasteiger partial charge in [0.05, 0.1) is 5.69 Å². The smallest absolute Gasteiger partial charge is 0.406 e. The number of primary amides is 1. The second-order valence-electron chi connectivity index (χ2n) is 6.74. The lowest BCUT2D eigenvalue weighted by molar-refractivity contribution is 0.0775. The van der Waals surface area contributed by atoms with Gasteiger partial charge in [-0.1, -0.05) is 48.8 Å². The number of thioether (sulfide) groups is 1. The topological polar surface area (TPSA) is 93.9 Å². The predicted octanol–water partition coefficient (Wildman–Crippen LogP) is 5.52. The third kappa shape index (κ3) is 5.44. The summed E-state index contributed by atoms with van der Waals surface area (Å²) in [6, 6.07) is 8.82. The summed E-state index contributed by atoms with van der Waals surface area (Å²) in [5.41, 5.74) is 7.21. The number of benzene rings is 1. The van der Waals surface area contributed by atoms with Crippen LogP contribution in [0.3, 0.4) is 0 Å². The molecule has 0 bridgehead atoms. The highest BCUT2D eigenvalue weighted by Crippen LogP contribution is 2.45. The van der Waals surface area contributed by atoms with Crippen LogP contribution in [-0.2, 0) is 16.1 Å². The van der Waals surface area contributed by atoms with Gasteiger partial charge in [-0.05, 0) is 41.8 Å². The van der Waals surface area contributed by atoms with Crippen molar-refractivity contribution in [1.82, 2.24) is 15.0 Å². The third-order valence-corrected chi connectivity index (χ3v) is 5.78. The molecule has 3 rings (SSSR count). The number of imidazole rings is 1. The van der Waals surface area contributed by atoms with Gasteiger partial charge in [-0.3, -0.25) is 4.98 Å². The molecule has 0 saturated heterocycles. The van der Waals surface area contributed by atoms with E-state index in [1.807, 2.05) is 26.0 Å². The first-order valence-corrected chi connectivity index (χ1v) is 10.4. The number of carbonyl (C=O) groups excluding carboxylic acids is 1. The minimum atomic E-state index is -1.26. The predicted molar refractivity (Wildman–Crippen MR) is 115 cm³/mol. The first-order chi connectivity index (χ1) is 13.8. The Morgan fingerprint density at radius 1 is 1.24 bits per heavy atom. The first-order valence-electron chi connectivity index (χ1n) is 8.85. The molecule has 3 aromatic rings. The van der Waals surface area contributed by atoms with Crippen LogP contribution in [-0.4, -0.2) is 21.0 Å². The summed E-state index contributed by atoms with van der Waals surface area (Å²) >= 11 is 13.6. The van der Waals surface area contributed by atoms with E-state index in [1.54, 1.807) is 36.8 Å². The van der Waals surface area contributed by atoms with Crippen LogP contribution in [0.15, 0.2) is 53.8 Å². The summed E-state index contributed by atoms with van der Waals surface area (Å²) in [4.78, 5) is 23.3. The minimum Gasteiger partial charge on any atom is -0.423 e. The molecule has 0 fully saturated rings. The van der Waals surface area contributed by atoms with Gasteiger partial charge in [0.2, 0.25) is 4.93 Å². The van der Waals surface area contributed by atoms with Crippen molar-refractivity contribution in [3.63, 3.8) is 0 Å². The molecule has 1 atom stereocenters. The second kappa shape index (κ2) is 9.07. The molecule has 1 amide bonds. The normalized spacial score (nSPS) is 13.3. The molecule has 0 saturated carbocycles. The van der Waals surface area contributed by atoms with Crippen LogP contribution >= 0.6 is 35.0 Å². The highest BCUT2D eigenvalue weighted by atomic mass is 35.5. The van der Waals surface area contributed by atoms with Gasteiger partial charge < -0.3 is 15.5 Å². The second-order valence-corrected chi connectivity index (χ2v) is 8.95. The highest BCUT2D eigenvalue weighted by molar-refractivity contribution is 8.00. The standard InChI is InChI=1S/C20H20Cl2N4O2S/c1-12(2)17-11-25-18(26-17)20(28-19(23)27,10-13-3-5-24-6-4-13)29-16-8-14(21)7-15(22)9-16/h3-9,11-12H,10H2,1-2H3,(H2,23,27)(H,25,26). The number of rotatable bonds is 7. The number of halogens is 2. The Kier molecular flexibility index (Phi) is 6.72. The number of carbonyl (C=O) groups is 1. The average Bonchev–Trinajstić information content (AvgIpc) is 3.12. The molecule has 0 aliphatic carbocycles. The Morgan fingerprint density at radius 3 is 2.45 bits per heavy atom. The lowest BCUT2D eigenvalue weighted by Crippen LogP contribution is -2.35. The minimum absolute atomic E-state index is 0.192. The molecular weight excluding hydrogens is 431 g/mol. The fourth-order valence-electron chi connectivity index (χ4n) is 2.81. The number of hydrogen-bond donors (Lipinski definition) is 2. The molecule has 152 valence electrons. The van der Waals surface area contributed by atoms with E-state index >= 15 is 0 Å². The van der Waals surface area contributed by atoms with Crippen molar-refractivity contribution in [1.29, 1.82) is 0 Å². The quantitative estimate of drug-likeness (QED) is 0.365. The van der Waals surface area contributed by atoms with Crippen molar-refractivity contribution in [3.8, 4) is 0 Å². The van der Waals surface area contributed by atoms with Crippen molar-refractivity contribution in [2.45, 2.75) is 36.0 Å². The first kappa shape index (κ1) is 21.5. The van der Waals surface area contributed by atoms with E-state index < -0.39 is 11.0 Å². The van der Waals surface area contributed by atoms with E-state index in [4.69, 9.17) is 33.7 Å². The number of aromatic amines is 1. The van der Waals surface area contributed by atoms with Crippen LogP contribution < -0.4 is 5.73 Å². The summed E-state index contributed by atoms with van der Waals surface area (Å²) in [5.74, 6) is 0.663. The summed E-state index contributed by atoms with van der Waals surface area (Å²) in [7, 11) is 0. The van der Waals surface area contributed by atoms with Gasteiger partial charge in [0.25, 0.3) is 0 Å². The van der Waals surface area contributed by atoms with Gasteiger partial charge in [-0.25, -0.2) is 9.78 Å². The average molecular weight is 451 g/mol. The number of H-pyrrole nitrogens is 1. The maximum Gasteiger partial charge on any atom is 0.406 e. The SMILES string of the molecule is CC(C)c1c[nH]c(C(Cc2ccncc2)(OC(N)=O)Sc2cc(Cl)cc(Cl)c2)n1. The van der Waals surface area contributed by atoms with Crippen molar-refractivity contribution in [2.24, 2.45) is 5.73 Å². The van der Waals surface area contributed by atoms with Gasteiger partial charge >= 0.3 is 6.09 Å².